The number of benzene rings is 1. The van der Waals surface area contributed by atoms with Crippen molar-refractivity contribution in [2.24, 2.45) is 0 Å². The van der Waals surface area contributed by atoms with E-state index >= 15 is 0 Å². The van der Waals surface area contributed by atoms with Gasteiger partial charge in [0.25, 0.3) is 5.91 Å². The lowest BCUT2D eigenvalue weighted by atomic mass is 10.1. The zero-order chi connectivity index (χ0) is 14.6. The molecule has 19 heavy (non-hydrogen) atoms. The van der Waals surface area contributed by atoms with E-state index in [9.17, 15) is 14.0 Å². The average Bonchev–Trinajstić information content (AvgIpc) is 2.30. The number of nitrogens with zero attached hydrogens (tertiary/aromatic N) is 1. The molecule has 2 amide bonds. The number of hydrogen-bond donors (Lipinski definition) is 1. The highest BCUT2D eigenvalue weighted by molar-refractivity contribution is 5.96. The van der Waals surface area contributed by atoms with Crippen molar-refractivity contribution in [3.05, 3.63) is 35.1 Å². The Labute approximate surface area is 112 Å². The number of likely N-dealkylation sites (N-methyl/N-ethyl adjacent to an activating group) is 1. The van der Waals surface area contributed by atoms with Gasteiger partial charge in [0.05, 0.1) is 12.1 Å². The molecule has 0 aromatic heterocycles. The lowest BCUT2D eigenvalue weighted by Gasteiger charge is -2.18. The Morgan fingerprint density at radius 2 is 2.00 bits per heavy atom. The van der Waals surface area contributed by atoms with Crippen molar-refractivity contribution >= 4 is 11.8 Å². The Balaban J connectivity index is 2.77. The molecular weight excluding hydrogens is 247 g/mol. The van der Waals surface area contributed by atoms with E-state index in [1.54, 1.807) is 13.0 Å². The number of carbonyl (C=O) groups is 2. The molecule has 0 fully saturated rings. The van der Waals surface area contributed by atoms with Crippen molar-refractivity contribution < 1.29 is 14.0 Å². The van der Waals surface area contributed by atoms with Gasteiger partial charge in [-0.25, -0.2) is 4.39 Å². The summed E-state index contributed by atoms with van der Waals surface area (Å²) in [6.07, 6.45) is 0. The van der Waals surface area contributed by atoms with Crippen LogP contribution in [0.15, 0.2) is 18.2 Å². The van der Waals surface area contributed by atoms with Crippen molar-refractivity contribution in [3.8, 4) is 0 Å². The third-order valence-electron chi connectivity index (χ3n) is 2.53. The van der Waals surface area contributed by atoms with Crippen LogP contribution in [0.2, 0.25) is 0 Å². The van der Waals surface area contributed by atoms with Crippen LogP contribution in [0.4, 0.5) is 4.39 Å². The molecule has 0 unspecified atom stereocenters. The van der Waals surface area contributed by atoms with Crippen molar-refractivity contribution in [1.29, 1.82) is 0 Å². The van der Waals surface area contributed by atoms with E-state index in [0.29, 0.717) is 0 Å². The van der Waals surface area contributed by atoms with Crippen LogP contribution in [0.25, 0.3) is 0 Å². The minimum absolute atomic E-state index is 0.00621. The third-order valence-corrected chi connectivity index (χ3v) is 2.53. The monoisotopic (exact) mass is 266 g/mol. The highest BCUT2D eigenvalue weighted by atomic mass is 19.1. The second-order valence-electron chi connectivity index (χ2n) is 4.87. The van der Waals surface area contributed by atoms with E-state index in [1.807, 2.05) is 13.8 Å². The fourth-order valence-corrected chi connectivity index (χ4v) is 1.66. The lowest BCUT2D eigenvalue weighted by molar-refractivity contribution is -0.122. The second kappa shape index (κ2) is 6.31. The van der Waals surface area contributed by atoms with Gasteiger partial charge in [-0.05, 0) is 32.9 Å². The minimum Gasteiger partial charge on any atom is -0.352 e. The summed E-state index contributed by atoms with van der Waals surface area (Å²) >= 11 is 0. The summed E-state index contributed by atoms with van der Waals surface area (Å²) in [6.45, 7) is 5.35. The van der Waals surface area contributed by atoms with Gasteiger partial charge in [-0.3, -0.25) is 9.59 Å². The molecule has 0 spiro atoms. The summed E-state index contributed by atoms with van der Waals surface area (Å²) in [6, 6.07) is 4.34. The summed E-state index contributed by atoms with van der Waals surface area (Å²) in [4.78, 5) is 24.8. The molecule has 1 rings (SSSR count). The summed E-state index contributed by atoms with van der Waals surface area (Å²) in [5, 5.41) is 2.68. The van der Waals surface area contributed by atoms with Gasteiger partial charge >= 0.3 is 0 Å². The smallest absolute Gasteiger partial charge is 0.257 e. The maximum Gasteiger partial charge on any atom is 0.257 e. The fraction of sp³-hybridized carbons (Fsp3) is 0.429. The summed E-state index contributed by atoms with van der Waals surface area (Å²) in [5.74, 6) is -1.34. The molecule has 5 heteroatoms. The van der Waals surface area contributed by atoms with Crippen LogP contribution in [0, 0.1) is 12.7 Å². The maximum absolute atomic E-state index is 13.6. The molecule has 0 atom stereocenters. The van der Waals surface area contributed by atoms with Gasteiger partial charge in [-0.15, -0.1) is 0 Å². The SMILES string of the molecule is Cc1ccc(F)c(C(=O)N(C)CC(=O)NC(C)C)c1. The van der Waals surface area contributed by atoms with Gasteiger partial charge in [-0.2, -0.15) is 0 Å². The topological polar surface area (TPSA) is 49.4 Å². The van der Waals surface area contributed by atoms with Crippen LogP contribution in [0.5, 0.6) is 0 Å². The van der Waals surface area contributed by atoms with E-state index < -0.39 is 11.7 Å². The van der Waals surface area contributed by atoms with Gasteiger partial charge in [0, 0.05) is 13.1 Å². The highest BCUT2D eigenvalue weighted by Gasteiger charge is 2.18. The largest absolute Gasteiger partial charge is 0.352 e. The molecule has 1 N–H and O–H groups in total. The molecule has 104 valence electrons. The number of carbonyl (C=O) groups excluding carboxylic acids is 2. The molecule has 0 aliphatic rings. The van der Waals surface area contributed by atoms with Gasteiger partial charge in [-0.1, -0.05) is 11.6 Å². The molecule has 1 aromatic carbocycles. The van der Waals surface area contributed by atoms with E-state index in [4.69, 9.17) is 0 Å². The van der Waals surface area contributed by atoms with Crippen LogP contribution in [-0.4, -0.2) is 36.3 Å². The van der Waals surface area contributed by atoms with Gasteiger partial charge in [0.1, 0.15) is 5.82 Å². The number of nitrogens with one attached hydrogen (secondary N) is 1. The first-order chi connectivity index (χ1) is 8.81. The molecule has 1 aromatic rings. The minimum atomic E-state index is -0.577. The summed E-state index contributed by atoms with van der Waals surface area (Å²) in [7, 11) is 1.48. The van der Waals surface area contributed by atoms with Crippen LogP contribution in [0.1, 0.15) is 29.8 Å². The predicted octanol–water partition coefficient (Wildman–Crippen LogP) is 1.73. The number of rotatable bonds is 4. The standard InChI is InChI=1S/C14H19FN2O2/c1-9(2)16-13(18)8-17(4)14(19)11-7-10(3)5-6-12(11)15/h5-7,9H,8H2,1-4H3,(H,16,18). The molecule has 0 saturated heterocycles. The van der Waals surface area contributed by atoms with Gasteiger partial charge in [0.2, 0.25) is 5.91 Å². The zero-order valence-electron chi connectivity index (χ0n) is 11.7. The first-order valence-corrected chi connectivity index (χ1v) is 6.12. The Hall–Kier alpha value is -1.91. The Bertz CT molecular complexity index is 486. The van der Waals surface area contributed by atoms with E-state index in [2.05, 4.69) is 5.32 Å². The van der Waals surface area contributed by atoms with E-state index in [-0.39, 0.29) is 24.1 Å². The molecule has 0 heterocycles. The van der Waals surface area contributed by atoms with Crippen LogP contribution in [-0.2, 0) is 4.79 Å². The van der Waals surface area contributed by atoms with Crippen molar-refractivity contribution in [1.82, 2.24) is 10.2 Å². The molecule has 0 saturated carbocycles. The Morgan fingerprint density at radius 3 is 2.58 bits per heavy atom. The zero-order valence-corrected chi connectivity index (χ0v) is 11.7. The normalized spacial score (nSPS) is 10.4. The number of aryl methyl sites for hydroxylation is 1. The van der Waals surface area contributed by atoms with Crippen LogP contribution < -0.4 is 5.32 Å². The van der Waals surface area contributed by atoms with E-state index in [1.165, 1.54) is 24.1 Å². The maximum atomic E-state index is 13.6. The highest BCUT2D eigenvalue weighted by Crippen LogP contribution is 2.12. The van der Waals surface area contributed by atoms with E-state index in [0.717, 1.165) is 5.56 Å². The van der Waals surface area contributed by atoms with Gasteiger partial charge in [0.15, 0.2) is 0 Å². The summed E-state index contributed by atoms with van der Waals surface area (Å²) < 4.78 is 13.6. The number of halogens is 1. The molecule has 0 aliphatic heterocycles. The molecular formula is C14H19FN2O2. The number of hydrogen-bond acceptors (Lipinski definition) is 2. The molecule has 4 nitrogen and oxygen atoms in total. The van der Waals surface area contributed by atoms with Gasteiger partial charge < -0.3 is 10.2 Å². The Morgan fingerprint density at radius 1 is 1.37 bits per heavy atom. The first-order valence-electron chi connectivity index (χ1n) is 6.12. The molecule has 0 radical (unpaired) electrons. The molecule has 0 bridgehead atoms. The van der Waals surface area contributed by atoms with Crippen LogP contribution in [0.3, 0.4) is 0 Å². The van der Waals surface area contributed by atoms with Crippen molar-refractivity contribution in [2.45, 2.75) is 26.8 Å². The lowest BCUT2D eigenvalue weighted by Crippen LogP contribution is -2.41. The second-order valence-corrected chi connectivity index (χ2v) is 4.87. The van der Waals surface area contributed by atoms with Crippen molar-refractivity contribution in [3.63, 3.8) is 0 Å². The predicted molar refractivity (Wildman–Crippen MR) is 71.4 cm³/mol. The average molecular weight is 266 g/mol. The third kappa shape index (κ3) is 4.35. The van der Waals surface area contributed by atoms with Crippen molar-refractivity contribution in [2.75, 3.05) is 13.6 Å². The first kappa shape index (κ1) is 15.1. The number of amides is 2. The summed E-state index contributed by atoms with van der Waals surface area (Å²) in [5.41, 5.74) is 0.782. The van der Waals surface area contributed by atoms with Crippen LogP contribution >= 0.6 is 0 Å². The quantitative estimate of drug-likeness (QED) is 0.902. The molecule has 0 aliphatic carbocycles. The fourth-order valence-electron chi connectivity index (χ4n) is 1.66. The Kier molecular flexibility index (Phi) is 5.03.